The fourth-order valence-electron chi connectivity index (χ4n) is 2.41. The number of ether oxygens (including phenoxy) is 1. The molecular formula is C19H30O4S2. The van der Waals surface area contributed by atoms with Crippen LogP contribution in [0, 0.1) is 6.92 Å². The Balaban J connectivity index is 1.90. The molecule has 0 heterocycles. The fraction of sp³-hybridized carbons (Fsp3) is 0.632. The van der Waals surface area contributed by atoms with E-state index in [1.165, 1.54) is 19.1 Å². The zero-order valence-corrected chi connectivity index (χ0v) is 17.0. The van der Waals surface area contributed by atoms with Crippen molar-refractivity contribution in [2.24, 2.45) is 0 Å². The first-order chi connectivity index (χ1) is 11.9. The lowest BCUT2D eigenvalue weighted by molar-refractivity contribution is 0.0497. The molecule has 0 amide bonds. The van der Waals surface area contributed by atoms with Gasteiger partial charge in [-0.3, -0.25) is 0 Å². The SMILES string of the molecule is Cc1ccc(C(=O)OCCCCCCCCCCSS(C)(=O)=O)cc1. The van der Waals surface area contributed by atoms with E-state index in [-0.39, 0.29) is 5.97 Å². The first-order valence-corrected chi connectivity index (χ1v) is 12.4. The number of aryl methyl sites for hydroxylation is 1. The summed E-state index contributed by atoms with van der Waals surface area (Å²) in [5.41, 5.74) is 1.74. The van der Waals surface area contributed by atoms with Crippen molar-refractivity contribution in [3.8, 4) is 0 Å². The van der Waals surface area contributed by atoms with Gasteiger partial charge in [-0.05, 0) is 42.7 Å². The average molecular weight is 387 g/mol. The van der Waals surface area contributed by atoms with E-state index in [1.807, 2.05) is 19.1 Å². The third-order valence-corrected chi connectivity index (χ3v) is 6.52. The lowest BCUT2D eigenvalue weighted by atomic mass is 10.1. The van der Waals surface area contributed by atoms with Crippen molar-refractivity contribution in [1.82, 2.24) is 0 Å². The number of esters is 1. The summed E-state index contributed by atoms with van der Waals surface area (Å²) in [7, 11) is -1.84. The van der Waals surface area contributed by atoms with E-state index in [0.717, 1.165) is 54.9 Å². The number of carbonyl (C=O) groups is 1. The molecule has 4 nitrogen and oxygen atoms in total. The first-order valence-electron chi connectivity index (χ1n) is 8.97. The fourth-order valence-corrected chi connectivity index (χ4v) is 4.30. The van der Waals surface area contributed by atoms with Gasteiger partial charge in [-0.15, -0.1) is 0 Å². The Bertz CT molecular complexity index is 594. The molecule has 0 aliphatic rings. The molecule has 142 valence electrons. The molecule has 0 aliphatic heterocycles. The van der Waals surface area contributed by atoms with E-state index in [1.54, 1.807) is 12.1 Å². The minimum Gasteiger partial charge on any atom is -0.462 e. The Morgan fingerprint density at radius 1 is 0.920 bits per heavy atom. The summed E-state index contributed by atoms with van der Waals surface area (Å²) in [6.07, 6.45) is 9.98. The van der Waals surface area contributed by atoms with E-state index in [4.69, 9.17) is 4.74 Å². The van der Waals surface area contributed by atoms with Crippen LogP contribution in [0.15, 0.2) is 24.3 Å². The van der Waals surface area contributed by atoms with Gasteiger partial charge >= 0.3 is 5.97 Å². The number of benzene rings is 1. The lowest BCUT2D eigenvalue weighted by Crippen LogP contribution is -2.06. The Morgan fingerprint density at radius 3 is 2.00 bits per heavy atom. The van der Waals surface area contributed by atoms with Crippen LogP contribution in [0.2, 0.25) is 0 Å². The summed E-state index contributed by atoms with van der Waals surface area (Å²) in [5.74, 6) is 0.456. The lowest BCUT2D eigenvalue weighted by Gasteiger charge is -2.05. The van der Waals surface area contributed by atoms with E-state index in [9.17, 15) is 13.2 Å². The maximum absolute atomic E-state index is 11.8. The monoisotopic (exact) mass is 386 g/mol. The van der Waals surface area contributed by atoms with Gasteiger partial charge in [-0.2, -0.15) is 0 Å². The van der Waals surface area contributed by atoms with Gasteiger partial charge in [0, 0.05) is 12.0 Å². The summed E-state index contributed by atoms with van der Waals surface area (Å²) in [6, 6.07) is 7.42. The van der Waals surface area contributed by atoms with Gasteiger partial charge in [-0.25, -0.2) is 13.2 Å². The normalized spacial score (nSPS) is 11.4. The van der Waals surface area contributed by atoms with Crippen molar-refractivity contribution >= 4 is 25.6 Å². The molecule has 0 bridgehead atoms. The molecule has 0 unspecified atom stereocenters. The molecule has 0 saturated carbocycles. The molecule has 0 saturated heterocycles. The van der Waals surface area contributed by atoms with Crippen LogP contribution in [0.3, 0.4) is 0 Å². The van der Waals surface area contributed by atoms with Crippen molar-refractivity contribution < 1.29 is 17.9 Å². The number of unbranched alkanes of at least 4 members (excludes halogenated alkanes) is 7. The molecule has 0 atom stereocenters. The molecule has 0 fully saturated rings. The molecule has 1 aromatic rings. The predicted octanol–water partition coefficient (Wildman–Crippen LogP) is 4.97. The highest BCUT2D eigenvalue weighted by molar-refractivity contribution is 8.71. The van der Waals surface area contributed by atoms with E-state index < -0.39 is 8.87 Å². The van der Waals surface area contributed by atoms with Crippen molar-refractivity contribution in [1.29, 1.82) is 0 Å². The Labute approximate surface area is 156 Å². The molecular weight excluding hydrogens is 356 g/mol. The maximum atomic E-state index is 11.8. The van der Waals surface area contributed by atoms with Gasteiger partial charge in [0.25, 0.3) is 0 Å². The van der Waals surface area contributed by atoms with E-state index >= 15 is 0 Å². The topological polar surface area (TPSA) is 60.4 Å². The van der Waals surface area contributed by atoms with Crippen LogP contribution in [0.1, 0.15) is 67.3 Å². The van der Waals surface area contributed by atoms with Gasteiger partial charge in [0.1, 0.15) is 0 Å². The van der Waals surface area contributed by atoms with Gasteiger partial charge in [0.05, 0.1) is 12.2 Å². The number of rotatable bonds is 13. The maximum Gasteiger partial charge on any atom is 0.338 e. The largest absolute Gasteiger partial charge is 0.462 e. The van der Waals surface area contributed by atoms with E-state index in [0.29, 0.717) is 17.9 Å². The second-order valence-corrected chi connectivity index (χ2v) is 10.9. The van der Waals surface area contributed by atoms with Crippen LogP contribution in [-0.4, -0.2) is 33.0 Å². The third-order valence-electron chi connectivity index (χ3n) is 3.86. The predicted molar refractivity (Wildman–Crippen MR) is 106 cm³/mol. The second-order valence-electron chi connectivity index (χ2n) is 6.36. The van der Waals surface area contributed by atoms with Crippen LogP contribution < -0.4 is 0 Å². The Kier molecular flexibility index (Phi) is 10.9. The van der Waals surface area contributed by atoms with Crippen LogP contribution in [0.25, 0.3) is 0 Å². The van der Waals surface area contributed by atoms with Crippen LogP contribution >= 0.6 is 10.8 Å². The van der Waals surface area contributed by atoms with Gasteiger partial charge in [0.15, 0.2) is 8.87 Å². The van der Waals surface area contributed by atoms with Gasteiger partial charge in [-0.1, -0.05) is 56.2 Å². The Morgan fingerprint density at radius 2 is 1.44 bits per heavy atom. The highest BCUT2D eigenvalue weighted by Crippen LogP contribution is 2.15. The summed E-state index contributed by atoms with van der Waals surface area (Å²) >= 11 is 0. The molecule has 1 rings (SSSR count). The molecule has 0 N–H and O–H groups in total. The van der Waals surface area contributed by atoms with Crippen molar-refractivity contribution in [2.75, 3.05) is 18.6 Å². The molecule has 0 aliphatic carbocycles. The molecule has 0 radical (unpaired) electrons. The highest BCUT2D eigenvalue weighted by Gasteiger charge is 2.05. The minimum absolute atomic E-state index is 0.244. The number of hydrogen-bond donors (Lipinski definition) is 0. The molecule has 0 spiro atoms. The first kappa shape index (κ1) is 22.0. The van der Waals surface area contributed by atoms with Crippen molar-refractivity contribution in [3.05, 3.63) is 35.4 Å². The molecule has 0 aromatic heterocycles. The Hall–Kier alpha value is -1.01. The summed E-state index contributed by atoms with van der Waals surface area (Å²) in [6.45, 7) is 2.47. The van der Waals surface area contributed by atoms with Crippen molar-refractivity contribution in [3.63, 3.8) is 0 Å². The van der Waals surface area contributed by atoms with Gasteiger partial charge in [0.2, 0.25) is 0 Å². The summed E-state index contributed by atoms with van der Waals surface area (Å²) < 4.78 is 27.2. The van der Waals surface area contributed by atoms with E-state index in [2.05, 4.69) is 0 Å². The highest BCUT2D eigenvalue weighted by atomic mass is 33.1. The summed E-state index contributed by atoms with van der Waals surface area (Å²) in [4.78, 5) is 11.8. The smallest absolute Gasteiger partial charge is 0.338 e. The van der Waals surface area contributed by atoms with Crippen LogP contribution in [0.4, 0.5) is 0 Å². The molecule has 25 heavy (non-hydrogen) atoms. The van der Waals surface area contributed by atoms with Gasteiger partial charge < -0.3 is 4.74 Å². The van der Waals surface area contributed by atoms with Crippen molar-refractivity contribution in [2.45, 2.75) is 58.3 Å². The second kappa shape index (κ2) is 12.4. The molecule has 6 heteroatoms. The quantitative estimate of drug-likeness (QED) is 0.272. The minimum atomic E-state index is -2.88. The zero-order chi connectivity index (χ0) is 18.5. The molecule has 1 aromatic carbocycles. The number of carbonyl (C=O) groups excluding carboxylic acids is 1. The standard InChI is InChI=1S/C19H30O4S2/c1-17-11-13-18(14-12-17)19(20)23-15-9-7-5-3-4-6-8-10-16-24-25(2,21)22/h11-14H,3-10,15-16H2,1-2H3. The number of hydrogen-bond acceptors (Lipinski definition) is 5. The third kappa shape index (κ3) is 12.1. The van der Waals surface area contributed by atoms with Crippen LogP contribution in [0.5, 0.6) is 0 Å². The van der Waals surface area contributed by atoms with Crippen LogP contribution in [-0.2, 0) is 13.6 Å². The zero-order valence-electron chi connectivity index (χ0n) is 15.3. The summed E-state index contributed by atoms with van der Waals surface area (Å²) in [5, 5.41) is 0. The average Bonchev–Trinajstić information content (AvgIpc) is 2.55.